The number of hydrogen-bond donors (Lipinski definition) is 0. The van der Waals surface area contributed by atoms with Gasteiger partial charge in [-0.05, 0) is 11.1 Å². The number of pyridine rings is 2. The molecule has 102 valence electrons. The lowest BCUT2D eigenvalue weighted by molar-refractivity contribution is -0.698. The summed E-state index contributed by atoms with van der Waals surface area (Å²) in [6.45, 7) is 3.71. The van der Waals surface area contributed by atoms with Gasteiger partial charge in [-0.2, -0.15) is 0 Å². The fourth-order valence-corrected chi connectivity index (χ4v) is 2.36. The molecule has 0 aromatic carbocycles. The van der Waals surface area contributed by atoms with E-state index in [1.165, 1.54) is 11.1 Å². The second kappa shape index (κ2) is 4.96. The molecule has 0 N–H and O–H groups in total. The fraction of sp³-hybridized carbons (Fsp3) is 0.375. The molecule has 2 aliphatic rings. The molecule has 20 heavy (non-hydrogen) atoms. The van der Waals surface area contributed by atoms with Crippen LogP contribution < -0.4 is 9.13 Å². The molecule has 4 heteroatoms. The third-order valence-corrected chi connectivity index (χ3v) is 3.75. The zero-order valence-electron chi connectivity index (χ0n) is 11.3. The first kappa shape index (κ1) is 12.0. The monoisotopic (exact) mass is 270 g/mol. The van der Waals surface area contributed by atoms with Crippen LogP contribution >= 0.6 is 0 Å². The van der Waals surface area contributed by atoms with Gasteiger partial charge in [0.1, 0.15) is 12.2 Å². The summed E-state index contributed by atoms with van der Waals surface area (Å²) in [7, 11) is 0. The van der Waals surface area contributed by atoms with E-state index >= 15 is 0 Å². The van der Waals surface area contributed by atoms with Gasteiger partial charge in [-0.15, -0.1) is 0 Å². The quantitative estimate of drug-likeness (QED) is 0.592. The van der Waals surface area contributed by atoms with Gasteiger partial charge in [-0.25, -0.2) is 9.13 Å². The molecule has 0 radical (unpaired) electrons. The molecule has 2 aromatic heterocycles. The lowest BCUT2D eigenvalue weighted by atomic mass is 10.1. The van der Waals surface area contributed by atoms with Crippen LogP contribution in [0.2, 0.25) is 0 Å². The van der Waals surface area contributed by atoms with Crippen LogP contribution in [0.25, 0.3) is 11.1 Å². The van der Waals surface area contributed by atoms with Crippen molar-refractivity contribution >= 4 is 0 Å². The average molecular weight is 270 g/mol. The molecule has 0 aliphatic carbocycles. The van der Waals surface area contributed by atoms with E-state index < -0.39 is 0 Å². The van der Waals surface area contributed by atoms with Crippen LogP contribution in [-0.2, 0) is 22.6 Å². The van der Waals surface area contributed by atoms with E-state index in [0.29, 0.717) is 12.2 Å². The molecule has 2 saturated heterocycles. The highest BCUT2D eigenvalue weighted by Gasteiger charge is 2.27. The Morgan fingerprint density at radius 1 is 0.750 bits per heavy atom. The van der Waals surface area contributed by atoms with Crippen molar-refractivity contribution in [3.8, 4) is 11.1 Å². The van der Waals surface area contributed by atoms with Crippen LogP contribution in [0.15, 0.2) is 49.1 Å². The first-order chi connectivity index (χ1) is 9.87. The maximum Gasteiger partial charge on any atom is 0.176 e. The molecule has 0 saturated carbocycles. The number of hydrogen-bond acceptors (Lipinski definition) is 2. The van der Waals surface area contributed by atoms with Crippen molar-refractivity contribution in [2.45, 2.75) is 25.3 Å². The van der Waals surface area contributed by atoms with Crippen LogP contribution in [0, 0.1) is 0 Å². The Morgan fingerprint density at radius 2 is 1.10 bits per heavy atom. The minimum absolute atomic E-state index is 0.422. The average Bonchev–Trinajstić information content (AvgIpc) is 3.37. The predicted octanol–water partition coefficient (Wildman–Crippen LogP) is 0.726. The van der Waals surface area contributed by atoms with E-state index in [-0.39, 0.29) is 0 Å². The van der Waals surface area contributed by atoms with Crippen molar-refractivity contribution in [1.82, 2.24) is 0 Å². The number of nitrogens with zero attached hydrogens (tertiary/aromatic N) is 2. The van der Waals surface area contributed by atoms with E-state index in [0.717, 1.165) is 26.3 Å². The van der Waals surface area contributed by atoms with Crippen molar-refractivity contribution in [3.05, 3.63) is 49.1 Å². The van der Waals surface area contributed by atoms with Gasteiger partial charge in [0.15, 0.2) is 37.9 Å². The zero-order chi connectivity index (χ0) is 13.4. The summed E-state index contributed by atoms with van der Waals surface area (Å²) in [5.74, 6) is 0. The van der Waals surface area contributed by atoms with Gasteiger partial charge in [0, 0.05) is 24.3 Å². The second-order valence-corrected chi connectivity index (χ2v) is 5.48. The summed E-state index contributed by atoms with van der Waals surface area (Å²) in [6.07, 6.45) is 9.33. The number of ether oxygens (including phenoxy) is 2. The first-order valence-electron chi connectivity index (χ1n) is 7.09. The maximum atomic E-state index is 5.24. The highest BCUT2D eigenvalue weighted by molar-refractivity contribution is 5.60. The van der Waals surface area contributed by atoms with E-state index in [9.17, 15) is 0 Å². The molecule has 0 spiro atoms. The Bertz CT molecular complexity index is 531. The summed E-state index contributed by atoms with van der Waals surface area (Å²) >= 11 is 0. The van der Waals surface area contributed by atoms with Gasteiger partial charge in [0.05, 0.1) is 13.2 Å². The Balaban J connectivity index is 1.47. The van der Waals surface area contributed by atoms with E-state index in [2.05, 4.69) is 58.2 Å². The van der Waals surface area contributed by atoms with Crippen molar-refractivity contribution in [3.63, 3.8) is 0 Å². The molecular weight excluding hydrogens is 252 g/mol. The molecule has 2 aliphatic heterocycles. The highest BCUT2D eigenvalue weighted by Crippen LogP contribution is 2.16. The number of rotatable bonds is 5. The maximum absolute atomic E-state index is 5.24. The summed E-state index contributed by atoms with van der Waals surface area (Å²) in [5.41, 5.74) is 2.49. The summed E-state index contributed by atoms with van der Waals surface area (Å²) in [6, 6.07) is 8.64. The smallest absolute Gasteiger partial charge is 0.176 e. The molecule has 0 amide bonds. The largest absolute Gasteiger partial charge is 0.366 e. The Morgan fingerprint density at radius 3 is 1.40 bits per heavy atom. The number of aromatic nitrogens is 2. The molecule has 4 nitrogen and oxygen atoms in total. The third kappa shape index (κ3) is 2.86. The topological polar surface area (TPSA) is 32.8 Å². The second-order valence-electron chi connectivity index (χ2n) is 5.48. The SMILES string of the molecule is c1c[n+](CC2CO2)ccc1-c1cc[n+](CC2CO2)cc1. The van der Waals surface area contributed by atoms with Crippen molar-refractivity contribution in [1.29, 1.82) is 0 Å². The van der Waals surface area contributed by atoms with Crippen LogP contribution in [0.5, 0.6) is 0 Å². The van der Waals surface area contributed by atoms with E-state index in [1.807, 2.05) is 0 Å². The Kier molecular flexibility index (Phi) is 2.98. The molecule has 0 bridgehead atoms. The van der Waals surface area contributed by atoms with Gasteiger partial charge < -0.3 is 9.47 Å². The van der Waals surface area contributed by atoms with Gasteiger partial charge in [0.25, 0.3) is 0 Å². The van der Waals surface area contributed by atoms with Gasteiger partial charge in [0.2, 0.25) is 0 Å². The fourth-order valence-electron chi connectivity index (χ4n) is 2.36. The normalized spacial score (nSPS) is 23.6. The van der Waals surface area contributed by atoms with Gasteiger partial charge >= 0.3 is 0 Å². The highest BCUT2D eigenvalue weighted by atomic mass is 16.6. The van der Waals surface area contributed by atoms with Crippen molar-refractivity contribution in [2.24, 2.45) is 0 Å². The van der Waals surface area contributed by atoms with Gasteiger partial charge in [-0.1, -0.05) is 0 Å². The lowest BCUT2D eigenvalue weighted by Crippen LogP contribution is -2.35. The van der Waals surface area contributed by atoms with Crippen LogP contribution in [0.4, 0.5) is 0 Å². The van der Waals surface area contributed by atoms with Gasteiger partial charge in [-0.3, -0.25) is 0 Å². The Labute approximate surface area is 118 Å². The van der Waals surface area contributed by atoms with E-state index in [4.69, 9.17) is 9.47 Å². The predicted molar refractivity (Wildman–Crippen MR) is 71.7 cm³/mol. The molecule has 2 aromatic rings. The third-order valence-electron chi connectivity index (χ3n) is 3.75. The molecule has 2 fully saturated rings. The van der Waals surface area contributed by atoms with Crippen LogP contribution in [0.1, 0.15) is 0 Å². The minimum Gasteiger partial charge on any atom is -0.366 e. The molecular formula is C16H18N2O2+2. The molecule has 2 unspecified atom stereocenters. The minimum atomic E-state index is 0.422. The van der Waals surface area contributed by atoms with Crippen LogP contribution in [-0.4, -0.2) is 25.4 Å². The number of epoxide rings is 2. The van der Waals surface area contributed by atoms with Crippen LogP contribution in [0.3, 0.4) is 0 Å². The summed E-state index contributed by atoms with van der Waals surface area (Å²) in [4.78, 5) is 0. The summed E-state index contributed by atoms with van der Waals surface area (Å²) < 4.78 is 14.8. The van der Waals surface area contributed by atoms with Crippen molar-refractivity contribution < 1.29 is 18.6 Å². The molecule has 4 rings (SSSR count). The molecule has 4 heterocycles. The standard InChI is InChI=1S/C16H18N2O2/c1-5-17(9-15-11-19-15)6-2-13(1)14-3-7-18(8-4-14)10-16-12-20-16/h1-8,15-16H,9-12H2/q+2. The first-order valence-corrected chi connectivity index (χ1v) is 7.09. The lowest BCUT2D eigenvalue weighted by Gasteiger charge is -2.00. The molecule has 2 atom stereocenters. The van der Waals surface area contributed by atoms with Crippen molar-refractivity contribution in [2.75, 3.05) is 13.2 Å². The zero-order valence-corrected chi connectivity index (χ0v) is 11.3. The summed E-state index contributed by atoms with van der Waals surface area (Å²) in [5, 5.41) is 0. The van der Waals surface area contributed by atoms with E-state index in [1.54, 1.807) is 0 Å². The Hall–Kier alpha value is -1.78.